The molecule has 8 nitrogen and oxygen atoms in total. The molecule has 2 N–H and O–H groups in total. The summed E-state index contributed by atoms with van der Waals surface area (Å²) in [6.45, 7) is 2.83. The van der Waals surface area contributed by atoms with E-state index in [0.29, 0.717) is 0 Å². The molecule has 1 atom stereocenters. The number of ether oxygens (including phenoxy) is 2. The molecule has 0 saturated heterocycles. The van der Waals surface area contributed by atoms with Crippen molar-refractivity contribution in [3.8, 4) is 0 Å². The van der Waals surface area contributed by atoms with Crippen LogP contribution in [0, 0.1) is 17.0 Å². The van der Waals surface area contributed by atoms with E-state index in [-0.39, 0.29) is 43.6 Å². The van der Waals surface area contributed by atoms with E-state index in [9.17, 15) is 28.7 Å². The number of rotatable bonds is 14. The number of aliphatic carboxylic acids is 2. The lowest BCUT2D eigenvalue weighted by molar-refractivity contribution is -0.174. The van der Waals surface area contributed by atoms with Crippen molar-refractivity contribution in [1.29, 1.82) is 0 Å². The lowest BCUT2D eigenvalue weighted by Crippen LogP contribution is -2.46. The summed E-state index contributed by atoms with van der Waals surface area (Å²) in [4.78, 5) is 50.4. The third-order valence-corrected chi connectivity index (χ3v) is 6.29. The van der Waals surface area contributed by atoms with Crippen molar-refractivity contribution in [3.05, 3.63) is 71.3 Å². The Morgan fingerprint density at radius 2 is 1.38 bits per heavy atom. The fraction of sp³-hybridized carbons (Fsp3) is 0.407. The molecule has 0 bridgehead atoms. The molecule has 2 aromatic rings. The number of carboxylic acid groups (broad SMARTS) is 2. The largest absolute Gasteiger partial charge is 0.481 e. The smallest absolute Gasteiger partial charge is 0.323 e. The van der Waals surface area contributed by atoms with Crippen molar-refractivity contribution >= 4 is 23.9 Å². The van der Waals surface area contributed by atoms with Crippen LogP contribution in [0.3, 0.4) is 0 Å². The zero-order valence-corrected chi connectivity index (χ0v) is 20.7. The van der Waals surface area contributed by atoms with Gasteiger partial charge in [-0.15, -0.1) is 0 Å². The van der Waals surface area contributed by atoms with Crippen LogP contribution >= 0.6 is 0 Å². The SMILES string of the molecule is CCOC(=O)C(CCCC(=O)O)(CCC(C(=O)O)(c1ccc(F)cc1)c1ccccc1F)C(=O)OCC. The summed E-state index contributed by atoms with van der Waals surface area (Å²) >= 11 is 0. The Bertz CT molecular complexity index is 1100. The topological polar surface area (TPSA) is 127 Å². The van der Waals surface area contributed by atoms with Crippen LogP contribution < -0.4 is 0 Å². The molecule has 0 fully saturated rings. The average molecular weight is 521 g/mol. The maximum Gasteiger partial charge on any atom is 0.323 e. The van der Waals surface area contributed by atoms with Crippen molar-refractivity contribution in [3.63, 3.8) is 0 Å². The highest BCUT2D eigenvalue weighted by Gasteiger charge is 2.52. The molecule has 0 aliphatic heterocycles. The highest BCUT2D eigenvalue weighted by atomic mass is 19.1. The van der Waals surface area contributed by atoms with E-state index in [4.69, 9.17) is 14.6 Å². The zero-order valence-electron chi connectivity index (χ0n) is 20.7. The first kappa shape index (κ1) is 29.4. The minimum atomic E-state index is -2.13. The highest BCUT2D eigenvalue weighted by molar-refractivity contribution is 6.00. The molecule has 2 aromatic carbocycles. The van der Waals surface area contributed by atoms with Crippen LogP contribution in [-0.4, -0.2) is 47.3 Å². The molecule has 0 aromatic heterocycles. The Morgan fingerprint density at radius 3 is 1.86 bits per heavy atom. The van der Waals surface area contributed by atoms with Gasteiger partial charge in [0.1, 0.15) is 17.0 Å². The van der Waals surface area contributed by atoms with Crippen LogP contribution in [0.2, 0.25) is 0 Å². The fourth-order valence-electron chi connectivity index (χ4n) is 4.42. The van der Waals surface area contributed by atoms with Gasteiger partial charge < -0.3 is 19.7 Å². The van der Waals surface area contributed by atoms with Crippen LogP contribution in [0.25, 0.3) is 0 Å². The van der Waals surface area contributed by atoms with E-state index in [1.807, 2.05) is 0 Å². The van der Waals surface area contributed by atoms with Crippen molar-refractivity contribution in [1.82, 2.24) is 0 Å². The Kier molecular flexibility index (Phi) is 10.3. The molecule has 0 aliphatic carbocycles. The predicted octanol–water partition coefficient (Wildman–Crippen LogP) is 4.48. The Balaban J connectivity index is 2.72. The van der Waals surface area contributed by atoms with E-state index in [0.717, 1.165) is 18.2 Å². The second-order valence-electron chi connectivity index (χ2n) is 8.47. The summed E-state index contributed by atoms with van der Waals surface area (Å²) in [6.07, 6.45) is -1.73. The van der Waals surface area contributed by atoms with Gasteiger partial charge in [0, 0.05) is 12.0 Å². The maximum absolute atomic E-state index is 15.1. The van der Waals surface area contributed by atoms with E-state index in [1.54, 1.807) is 0 Å². The third-order valence-electron chi connectivity index (χ3n) is 6.29. The van der Waals surface area contributed by atoms with E-state index < -0.39 is 59.2 Å². The van der Waals surface area contributed by atoms with Crippen LogP contribution in [0.5, 0.6) is 0 Å². The average Bonchev–Trinajstić information content (AvgIpc) is 2.84. The first-order valence-electron chi connectivity index (χ1n) is 11.9. The minimum absolute atomic E-state index is 0.0265. The zero-order chi connectivity index (χ0) is 27.6. The Hall–Kier alpha value is -3.82. The maximum atomic E-state index is 15.1. The molecule has 0 aliphatic rings. The normalized spacial score (nSPS) is 12.9. The number of halogens is 2. The van der Waals surface area contributed by atoms with Crippen LogP contribution in [0.1, 0.15) is 57.1 Å². The summed E-state index contributed by atoms with van der Waals surface area (Å²) in [5, 5.41) is 19.6. The summed E-state index contributed by atoms with van der Waals surface area (Å²) in [5.74, 6) is -6.12. The second kappa shape index (κ2) is 12.9. The minimum Gasteiger partial charge on any atom is -0.481 e. The highest BCUT2D eigenvalue weighted by Crippen LogP contribution is 2.44. The van der Waals surface area contributed by atoms with Gasteiger partial charge in [0.05, 0.1) is 13.2 Å². The molecular weight excluding hydrogens is 490 g/mol. The molecule has 0 amide bonds. The lowest BCUT2D eigenvalue weighted by atomic mass is 9.66. The molecule has 200 valence electrons. The second-order valence-corrected chi connectivity index (χ2v) is 8.47. The number of esters is 2. The van der Waals surface area contributed by atoms with Gasteiger partial charge in [0.15, 0.2) is 5.41 Å². The van der Waals surface area contributed by atoms with Gasteiger partial charge in [-0.3, -0.25) is 19.2 Å². The first-order valence-corrected chi connectivity index (χ1v) is 11.9. The molecule has 0 saturated carbocycles. The van der Waals surface area contributed by atoms with Gasteiger partial charge in [-0.2, -0.15) is 0 Å². The van der Waals surface area contributed by atoms with Crippen molar-refractivity contribution in [2.24, 2.45) is 5.41 Å². The number of carbonyl (C=O) groups excluding carboxylic acids is 2. The molecular formula is C27H30F2O8. The predicted molar refractivity (Wildman–Crippen MR) is 128 cm³/mol. The van der Waals surface area contributed by atoms with Gasteiger partial charge in [0.2, 0.25) is 0 Å². The van der Waals surface area contributed by atoms with E-state index in [1.165, 1.54) is 44.2 Å². The number of hydrogen-bond acceptors (Lipinski definition) is 6. The van der Waals surface area contributed by atoms with Crippen molar-refractivity contribution < 1.29 is 47.6 Å². The van der Waals surface area contributed by atoms with E-state index >= 15 is 4.39 Å². The molecule has 2 rings (SSSR count). The van der Waals surface area contributed by atoms with Gasteiger partial charge in [-0.05, 0) is 63.3 Å². The molecule has 0 heterocycles. The first-order chi connectivity index (χ1) is 17.5. The van der Waals surface area contributed by atoms with Crippen LogP contribution in [0.4, 0.5) is 8.78 Å². The fourth-order valence-corrected chi connectivity index (χ4v) is 4.42. The Labute approximate surface area is 213 Å². The monoisotopic (exact) mass is 520 g/mol. The van der Waals surface area contributed by atoms with Gasteiger partial charge >= 0.3 is 23.9 Å². The van der Waals surface area contributed by atoms with Gasteiger partial charge in [-0.25, -0.2) is 8.78 Å². The standard InChI is InChI=1S/C27H30F2O8/c1-3-36-24(34)26(25(35)37-4-2,15-7-10-22(30)31)16-17-27(23(32)33,18-11-13-19(28)14-12-18)20-8-5-6-9-21(20)29/h5-6,8-9,11-14H,3-4,7,10,15-17H2,1-2H3,(H,30,31)(H,32,33). The van der Waals surface area contributed by atoms with Gasteiger partial charge in [-0.1, -0.05) is 30.3 Å². The third kappa shape index (κ3) is 6.49. The molecule has 0 radical (unpaired) electrons. The van der Waals surface area contributed by atoms with Gasteiger partial charge in [0.25, 0.3) is 0 Å². The quantitative estimate of drug-likeness (QED) is 0.276. The molecule has 0 spiro atoms. The summed E-state index contributed by atoms with van der Waals surface area (Å²) < 4.78 is 39.1. The molecule has 1 unspecified atom stereocenters. The summed E-state index contributed by atoms with van der Waals surface area (Å²) in [7, 11) is 0. The lowest BCUT2D eigenvalue weighted by Gasteiger charge is -2.35. The number of hydrogen-bond donors (Lipinski definition) is 2. The molecule has 37 heavy (non-hydrogen) atoms. The summed E-state index contributed by atoms with van der Waals surface area (Å²) in [5.41, 5.74) is -4.40. The summed E-state index contributed by atoms with van der Waals surface area (Å²) in [6, 6.07) is 9.64. The number of carboxylic acids is 2. The number of carbonyl (C=O) groups is 4. The Morgan fingerprint density at radius 1 is 0.811 bits per heavy atom. The van der Waals surface area contributed by atoms with Crippen molar-refractivity contribution in [2.45, 2.75) is 51.4 Å². The van der Waals surface area contributed by atoms with E-state index in [2.05, 4.69) is 0 Å². The van der Waals surface area contributed by atoms with Crippen LogP contribution in [-0.2, 0) is 34.1 Å². The molecule has 10 heteroatoms. The van der Waals surface area contributed by atoms with Crippen molar-refractivity contribution in [2.75, 3.05) is 13.2 Å². The van der Waals surface area contributed by atoms with Crippen LogP contribution in [0.15, 0.2) is 48.5 Å². The number of benzene rings is 2.